The van der Waals surface area contributed by atoms with E-state index in [1.807, 2.05) is 6.07 Å². The van der Waals surface area contributed by atoms with Gasteiger partial charge in [-0.2, -0.15) is 0 Å². The van der Waals surface area contributed by atoms with E-state index in [2.05, 4.69) is 10.3 Å². The van der Waals surface area contributed by atoms with Crippen molar-refractivity contribution in [2.24, 2.45) is 0 Å². The Morgan fingerprint density at radius 2 is 2.23 bits per heavy atom. The maximum atomic E-state index is 10.8. The van der Waals surface area contributed by atoms with E-state index < -0.39 is 11.7 Å². The quantitative estimate of drug-likeness (QED) is 0.676. The number of pyridine rings is 1. The minimum absolute atomic E-state index is 0.291. The van der Waals surface area contributed by atoms with Crippen LogP contribution in [-0.2, 0) is 16.1 Å². The van der Waals surface area contributed by atoms with E-state index in [9.17, 15) is 9.59 Å². The molecule has 0 bridgehead atoms. The SMILES string of the molecule is CC(=O)C(=O)NCc1ccccn1. The van der Waals surface area contributed by atoms with Crippen LogP contribution in [0.1, 0.15) is 12.6 Å². The van der Waals surface area contributed by atoms with Gasteiger partial charge in [0.1, 0.15) is 0 Å². The van der Waals surface area contributed by atoms with Gasteiger partial charge < -0.3 is 5.32 Å². The van der Waals surface area contributed by atoms with Gasteiger partial charge in [0.25, 0.3) is 5.91 Å². The van der Waals surface area contributed by atoms with E-state index in [-0.39, 0.29) is 0 Å². The standard InChI is InChI=1S/C9H10N2O2/c1-7(12)9(13)11-6-8-4-2-3-5-10-8/h2-5H,6H2,1H3,(H,11,13). The first-order chi connectivity index (χ1) is 6.20. The minimum atomic E-state index is -0.578. The molecule has 1 aromatic heterocycles. The summed E-state index contributed by atoms with van der Waals surface area (Å²) in [5.74, 6) is -1.07. The molecule has 1 N–H and O–H groups in total. The Kier molecular flexibility index (Phi) is 3.14. The molecule has 1 aromatic rings. The van der Waals surface area contributed by atoms with Gasteiger partial charge >= 0.3 is 0 Å². The van der Waals surface area contributed by atoms with E-state index in [4.69, 9.17) is 0 Å². The summed E-state index contributed by atoms with van der Waals surface area (Å²) < 4.78 is 0. The summed E-state index contributed by atoms with van der Waals surface area (Å²) in [5.41, 5.74) is 0.733. The van der Waals surface area contributed by atoms with Gasteiger partial charge in [-0.05, 0) is 12.1 Å². The Bertz CT molecular complexity index is 309. The molecule has 68 valence electrons. The lowest BCUT2D eigenvalue weighted by Gasteiger charge is -2.00. The summed E-state index contributed by atoms with van der Waals surface area (Å²) >= 11 is 0. The zero-order valence-electron chi connectivity index (χ0n) is 7.28. The molecule has 4 nitrogen and oxygen atoms in total. The summed E-state index contributed by atoms with van der Waals surface area (Å²) in [6.07, 6.45) is 1.63. The number of Topliss-reactive ketones (excluding diaryl/α,β-unsaturated/α-hetero) is 1. The molecule has 0 atom stereocenters. The second-order valence-corrected chi connectivity index (χ2v) is 2.56. The highest BCUT2D eigenvalue weighted by Gasteiger charge is 2.05. The topological polar surface area (TPSA) is 59.1 Å². The maximum Gasteiger partial charge on any atom is 0.287 e. The van der Waals surface area contributed by atoms with E-state index in [1.54, 1.807) is 18.3 Å². The summed E-state index contributed by atoms with van der Waals surface area (Å²) in [6.45, 7) is 1.52. The summed E-state index contributed by atoms with van der Waals surface area (Å²) in [6, 6.07) is 5.39. The third kappa shape index (κ3) is 3.02. The Labute approximate surface area is 76.0 Å². The van der Waals surface area contributed by atoms with Crippen molar-refractivity contribution in [2.45, 2.75) is 13.5 Å². The van der Waals surface area contributed by atoms with Crippen molar-refractivity contribution >= 4 is 11.7 Å². The minimum Gasteiger partial charge on any atom is -0.344 e. The van der Waals surface area contributed by atoms with Crippen LogP contribution in [0, 0.1) is 0 Å². The second kappa shape index (κ2) is 4.35. The number of rotatable bonds is 3. The molecule has 0 unspecified atom stereocenters. The largest absolute Gasteiger partial charge is 0.344 e. The fraction of sp³-hybridized carbons (Fsp3) is 0.222. The van der Waals surface area contributed by atoms with E-state index >= 15 is 0 Å². The van der Waals surface area contributed by atoms with Crippen LogP contribution in [0.4, 0.5) is 0 Å². The summed E-state index contributed by atoms with van der Waals surface area (Å²) in [5, 5.41) is 2.45. The highest BCUT2D eigenvalue weighted by molar-refractivity contribution is 6.35. The molecule has 1 amide bonds. The molecule has 0 spiro atoms. The predicted molar refractivity (Wildman–Crippen MR) is 46.8 cm³/mol. The van der Waals surface area contributed by atoms with E-state index in [0.717, 1.165) is 5.69 Å². The Morgan fingerprint density at radius 1 is 1.46 bits per heavy atom. The van der Waals surface area contributed by atoms with Crippen LogP contribution < -0.4 is 5.32 Å². The average Bonchev–Trinajstić information content (AvgIpc) is 2.15. The first-order valence-electron chi connectivity index (χ1n) is 3.89. The van der Waals surface area contributed by atoms with Gasteiger partial charge in [0.15, 0.2) is 0 Å². The van der Waals surface area contributed by atoms with Crippen molar-refractivity contribution in [1.82, 2.24) is 10.3 Å². The van der Waals surface area contributed by atoms with Gasteiger partial charge in [-0.25, -0.2) is 0 Å². The molecule has 0 aliphatic rings. The number of amides is 1. The first kappa shape index (κ1) is 9.38. The zero-order chi connectivity index (χ0) is 9.68. The third-order valence-corrected chi connectivity index (χ3v) is 1.48. The molecule has 0 aromatic carbocycles. The lowest BCUT2D eigenvalue weighted by Crippen LogP contribution is -2.28. The van der Waals surface area contributed by atoms with Gasteiger partial charge in [0, 0.05) is 13.1 Å². The number of hydrogen-bond donors (Lipinski definition) is 1. The van der Waals surface area contributed by atoms with Crippen molar-refractivity contribution in [2.75, 3.05) is 0 Å². The number of aromatic nitrogens is 1. The van der Waals surface area contributed by atoms with Crippen molar-refractivity contribution < 1.29 is 9.59 Å². The van der Waals surface area contributed by atoms with Crippen LogP contribution in [0.5, 0.6) is 0 Å². The lowest BCUT2D eigenvalue weighted by molar-refractivity contribution is -0.136. The van der Waals surface area contributed by atoms with Gasteiger partial charge in [0.05, 0.1) is 12.2 Å². The van der Waals surface area contributed by atoms with Gasteiger partial charge in [-0.3, -0.25) is 14.6 Å². The number of nitrogens with one attached hydrogen (secondary N) is 1. The average molecular weight is 178 g/mol. The molecule has 4 heteroatoms. The Hall–Kier alpha value is -1.71. The highest BCUT2D eigenvalue weighted by atomic mass is 16.2. The van der Waals surface area contributed by atoms with Crippen molar-refractivity contribution in [3.8, 4) is 0 Å². The molecule has 1 heterocycles. The normalized spacial score (nSPS) is 9.31. The molecule has 0 saturated carbocycles. The fourth-order valence-corrected chi connectivity index (χ4v) is 0.798. The van der Waals surface area contributed by atoms with E-state index in [1.165, 1.54) is 6.92 Å². The van der Waals surface area contributed by atoms with Gasteiger partial charge in [-0.15, -0.1) is 0 Å². The van der Waals surface area contributed by atoms with Crippen molar-refractivity contribution in [3.63, 3.8) is 0 Å². The molecule has 13 heavy (non-hydrogen) atoms. The number of nitrogens with zero attached hydrogens (tertiary/aromatic N) is 1. The molecule has 0 aliphatic carbocycles. The maximum absolute atomic E-state index is 10.8. The number of ketones is 1. The first-order valence-corrected chi connectivity index (χ1v) is 3.89. The molecule has 0 aliphatic heterocycles. The monoisotopic (exact) mass is 178 g/mol. The molecule has 1 rings (SSSR count). The second-order valence-electron chi connectivity index (χ2n) is 2.56. The van der Waals surface area contributed by atoms with Crippen LogP contribution >= 0.6 is 0 Å². The van der Waals surface area contributed by atoms with Gasteiger partial charge in [-0.1, -0.05) is 6.07 Å². The van der Waals surface area contributed by atoms with Gasteiger partial charge in [0.2, 0.25) is 5.78 Å². The highest BCUT2D eigenvalue weighted by Crippen LogP contribution is 1.91. The van der Waals surface area contributed by atoms with Crippen LogP contribution in [0.2, 0.25) is 0 Å². The number of carbonyl (C=O) groups excluding carboxylic acids is 2. The molecule has 0 fully saturated rings. The Balaban J connectivity index is 2.44. The molecule has 0 radical (unpaired) electrons. The van der Waals surface area contributed by atoms with E-state index in [0.29, 0.717) is 6.54 Å². The third-order valence-electron chi connectivity index (χ3n) is 1.48. The number of carbonyl (C=O) groups is 2. The number of hydrogen-bond acceptors (Lipinski definition) is 3. The van der Waals surface area contributed by atoms with Crippen molar-refractivity contribution in [3.05, 3.63) is 30.1 Å². The fourth-order valence-electron chi connectivity index (χ4n) is 0.798. The summed E-state index contributed by atoms with van der Waals surface area (Å²) in [7, 11) is 0. The van der Waals surface area contributed by atoms with Crippen LogP contribution in [-0.4, -0.2) is 16.7 Å². The Morgan fingerprint density at radius 3 is 2.77 bits per heavy atom. The summed E-state index contributed by atoms with van der Waals surface area (Å²) in [4.78, 5) is 25.3. The smallest absolute Gasteiger partial charge is 0.287 e. The zero-order valence-corrected chi connectivity index (χ0v) is 7.28. The van der Waals surface area contributed by atoms with Crippen LogP contribution in [0.3, 0.4) is 0 Å². The molecular formula is C9H10N2O2. The molecule has 0 saturated heterocycles. The molecular weight excluding hydrogens is 168 g/mol. The predicted octanol–water partition coefficient (Wildman–Crippen LogP) is 0.287. The lowest BCUT2D eigenvalue weighted by atomic mass is 10.3. The van der Waals surface area contributed by atoms with Crippen molar-refractivity contribution in [1.29, 1.82) is 0 Å². The van der Waals surface area contributed by atoms with Crippen LogP contribution in [0.15, 0.2) is 24.4 Å². The van der Waals surface area contributed by atoms with Crippen LogP contribution in [0.25, 0.3) is 0 Å².